The van der Waals surface area contributed by atoms with Gasteiger partial charge in [-0.1, -0.05) is 30.3 Å². The number of rotatable bonds is 6. The molecule has 3 saturated heterocycles. The molecule has 1 amide bonds. The monoisotopic (exact) mass is 473 g/mol. The van der Waals surface area contributed by atoms with Crippen LogP contribution in [0.3, 0.4) is 0 Å². The Balaban J connectivity index is 1.06. The summed E-state index contributed by atoms with van der Waals surface area (Å²) >= 11 is 0. The minimum Gasteiger partial charge on any atom is -0.491 e. The van der Waals surface area contributed by atoms with Gasteiger partial charge < -0.3 is 25.6 Å². The Morgan fingerprint density at radius 3 is 2.69 bits per heavy atom. The SMILES string of the molecule is O=C(N[C@@H]1COc2cc(N3CC4CC(C3)N4)c(F)cc2C1)c1ccc(NCc2ccccc2)nc1. The summed E-state index contributed by atoms with van der Waals surface area (Å²) in [5.74, 6) is 0.952. The molecule has 0 spiro atoms. The number of piperazine rings is 1. The largest absolute Gasteiger partial charge is 0.491 e. The smallest absolute Gasteiger partial charge is 0.253 e. The Kier molecular flexibility index (Phi) is 5.74. The average molecular weight is 474 g/mol. The van der Waals surface area contributed by atoms with E-state index in [1.165, 1.54) is 6.42 Å². The molecule has 0 radical (unpaired) electrons. The van der Waals surface area contributed by atoms with Crippen LogP contribution < -0.4 is 25.6 Å². The number of anilines is 2. The van der Waals surface area contributed by atoms with E-state index in [-0.39, 0.29) is 17.8 Å². The lowest BCUT2D eigenvalue weighted by molar-refractivity contribution is 0.0915. The fourth-order valence-corrected chi connectivity index (χ4v) is 5.13. The van der Waals surface area contributed by atoms with Crippen LogP contribution in [0.2, 0.25) is 0 Å². The first-order valence-electron chi connectivity index (χ1n) is 12.1. The van der Waals surface area contributed by atoms with E-state index in [4.69, 9.17) is 4.74 Å². The second-order valence-corrected chi connectivity index (χ2v) is 9.57. The summed E-state index contributed by atoms with van der Waals surface area (Å²) in [6.45, 7) is 2.64. The molecular weight excluding hydrogens is 445 g/mol. The van der Waals surface area contributed by atoms with Crippen LogP contribution in [0.1, 0.15) is 27.9 Å². The quantitative estimate of drug-likeness (QED) is 0.511. The van der Waals surface area contributed by atoms with Crippen LogP contribution in [0, 0.1) is 5.82 Å². The van der Waals surface area contributed by atoms with Gasteiger partial charge in [0.15, 0.2) is 0 Å². The van der Waals surface area contributed by atoms with Gasteiger partial charge in [0.05, 0.1) is 17.3 Å². The predicted molar refractivity (Wildman–Crippen MR) is 132 cm³/mol. The van der Waals surface area contributed by atoms with E-state index >= 15 is 0 Å². The maximum atomic E-state index is 14.9. The number of carbonyl (C=O) groups excluding carboxylic acids is 1. The predicted octanol–water partition coefficient (Wildman–Crippen LogP) is 3.12. The number of carbonyl (C=O) groups is 1. The summed E-state index contributed by atoms with van der Waals surface area (Å²) < 4.78 is 20.9. The second kappa shape index (κ2) is 9.19. The van der Waals surface area contributed by atoms with Crippen molar-refractivity contribution < 1.29 is 13.9 Å². The molecule has 180 valence electrons. The van der Waals surface area contributed by atoms with Crippen LogP contribution in [0.25, 0.3) is 0 Å². The molecule has 1 aromatic heterocycles. The van der Waals surface area contributed by atoms with E-state index in [1.54, 1.807) is 24.4 Å². The number of nitrogens with one attached hydrogen (secondary N) is 3. The molecule has 2 aromatic carbocycles. The zero-order valence-corrected chi connectivity index (χ0v) is 19.3. The Morgan fingerprint density at radius 2 is 1.94 bits per heavy atom. The van der Waals surface area contributed by atoms with Crippen molar-refractivity contribution in [2.24, 2.45) is 0 Å². The van der Waals surface area contributed by atoms with Crippen molar-refractivity contribution in [1.29, 1.82) is 0 Å². The van der Waals surface area contributed by atoms with Gasteiger partial charge in [0.2, 0.25) is 0 Å². The van der Waals surface area contributed by atoms with Crippen LogP contribution in [0.4, 0.5) is 15.9 Å². The number of hydrogen-bond acceptors (Lipinski definition) is 6. The summed E-state index contributed by atoms with van der Waals surface area (Å²) in [6.07, 6.45) is 3.25. The molecule has 3 aromatic rings. The highest BCUT2D eigenvalue weighted by molar-refractivity contribution is 5.94. The number of amides is 1. The molecule has 2 unspecified atom stereocenters. The number of ether oxygens (including phenoxy) is 1. The lowest BCUT2D eigenvalue weighted by Gasteiger charge is -2.49. The molecule has 0 aliphatic carbocycles. The van der Waals surface area contributed by atoms with Gasteiger partial charge in [-0.3, -0.25) is 4.79 Å². The summed E-state index contributed by atoms with van der Waals surface area (Å²) in [5, 5.41) is 9.72. The fourth-order valence-electron chi connectivity index (χ4n) is 5.13. The van der Waals surface area contributed by atoms with Gasteiger partial charge in [-0.2, -0.15) is 0 Å². The number of fused-ring (bicyclic) bond motifs is 3. The molecule has 4 aliphatic heterocycles. The molecule has 3 atom stereocenters. The third-order valence-electron chi connectivity index (χ3n) is 6.98. The minimum absolute atomic E-state index is 0.221. The van der Waals surface area contributed by atoms with Crippen molar-refractivity contribution in [3.05, 3.63) is 83.3 Å². The Hall–Kier alpha value is -3.65. The van der Waals surface area contributed by atoms with E-state index in [2.05, 4.69) is 25.8 Å². The Labute approximate surface area is 203 Å². The van der Waals surface area contributed by atoms with E-state index in [0.717, 1.165) is 24.2 Å². The van der Waals surface area contributed by atoms with Crippen molar-refractivity contribution in [3.63, 3.8) is 0 Å². The second-order valence-electron chi connectivity index (χ2n) is 9.57. The topological polar surface area (TPSA) is 78.5 Å². The van der Waals surface area contributed by atoms with Crippen LogP contribution in [-0.2, 0) is 13.0 Å². The minimum atomic E-state index is -0.233. The molecule has 3 N–H and O–H groups in total. The number of benzene rings is 2. The molecule has 8 heteroatoms. The maximum Gasteiger partial charge on any atom is 0.253 e. The van der Waals surface area contributed by atoms with Crippen molar-refractivity contribution in [3.8, 4) is 5.75 Å². The Morgan fingerprint density at radius 1 is 1.14 bits per heavy atom. The number of hydrogen-bond donors (Lipinski definition) is 3. The molecule has 7 nitrogen and oxygen atoms in total. The molecule has 5 heterocycles. The maximum absolute atomic E-state index is 14.9. The Bertz CT molecular complexity index is 1200. The van der Waals surface area contributed by atoms with Gasteiger partial charge in [-0.25, -0.2) is 9.37 Å². The number of aromatic nitrogens is 1. The summed E-state index contributed by atoms with van der Waals surface area (Å²) in [6, 6.07) is 17.6. The van der Waals surface area contributed by atoms with Crippen LogP contribution in [0.15, 0.2) is 60.8 Å². The third kappa shape index (κ3) is 4.66. The van der Waals surface area contributed by atoms with Gasteiger partial charge in [-0.15, -0.1) is 0 Å². The molecule has 2 bridgehead atoms. The zero-order chi connectivity index (χ0) is 23.8. The van der Waals surface area contributed by atoms with E-state index in [0.29, 0.717) is 54.5 Å². The van der Waals surface area contributed by atoms with Gasteiger partial charge in [0.1, 0.15) is 24.0 Å². The van der Waals surface area contributed by atoms with Crippen LogP contribution in [0.5, 0.6) is 5.75 Å². The summed E-state index contributed by atoms with van der Waals surface area (Å²) in [5.41, 5.74) is 3.01. The average Bonchev–Trinajstić information content (AvgIpc) is 2.87. The van der Waals surface area contributed by atoms with Gasteiger partial charge in [-0.05, 0) is 42.2 Å². The van der Waals surface area contributed by atoms with Crippen molar-refractivity contribution >= 4 is 17.4 Å². The van der Waals surface area contributed by atoms with Gasteiger partial charge in [0.25, 0.3) is 5.91 Å². The van der Waals surface area contributed by atoms with Crippen molar-refractivity contribution in [1.82, 2.24) is 15.6 Å². The number of pyridine rings is 1. The molecule has 3 fully saturated rings. The standard InChI is InChI=1S/C27H28FN5O2/c28-23-9-19-8-22(16-35-25(19)11-24(23)33-14-20-10-21(15-33)31-20)32-27(34)18-6-7-26(30-13-18)29-12-17-4-2-1-3-5-17/h1-7,9,11,13,20-22,31H,8,10,12,14-16H2,(H,29,30)(H,32,34)/t20?,21?,22-/m0/s1. The van der Waals surface area contributed by atoms with E-state index < -0.39 is 0 Å². The zero-order valence-electron chi connectivity index (χ0n) is 19.3. The molecule has 4 aliphatic rings. The first kappa shape index (κ1) is 21.9. The first-order chi connectivity index (χ1) is 17.1. The number of nitrogens with zero attached hydrogens (tertiary/aromatic N) is 2. The third-order valence-corrected chi connectivity index (χ3v) is 6.98. The van der Waals surface area contributed by atoms with Gasteiger partial charge >= 0.3 is 0 Å². The van der Waals surface area contributed by atoms with E-state index in [1.807, 2.05) is 36.4 Å². The molecule has 35 heavy (non-hydrogen) atoms. The highest BCUT2D eigenvalue weighted by Crippen LogP contribution is 2.35. The van der Waals surface area contributed by atoms with Crippen molar-refractivity contribution in [2.75, 3.05) is 29.9 Å². The molecule has 0 saturated carbocycles. The molecular formula is C27H28FN5O2. The summed E-state index contributed by atoms with van der Waals surface area (Å²) in [4.78, 5) is 19.2. The van der Waals surface area contributed by atoms with Gasteiger partial charge in [0, 0.05) is 44.0 Å². The van der Waals surface area contributed by atoms with Crippen molar-refractivity contribution in [2.45, 2.75) is 37.5 Å². The fraction of sp³-hybridized carbons (Fsp3) is 0.333. The van der Waals surface area contributed by atoms with E-state index in [9.17, 15) is 9.18 Å². The normalized spacial score (nSPS) is 22.4. The highest BCUT2D eigenvalue weighted by Gasteiger charge is 2.37. The summed E-state index contributed by atoms with van der Waals surface area (Å²) in [7, 11) is 0. The lowest BCUT2D eigenvalue weighted by Crippen LogP contribution is -2.67. The highest BCUT2D eigenvalue weighted by atomic mass is 19.1. The number of piperidine rings is 1. The number of halogens is 1. The van der Waals surface area contributed by atoms with Crippen LogP contribution in [-0.4, -0.2) is 48.7 Å². The lowest BCUT2D eigenvalue weighted by atomic mass is 9.90. The first-order valence-corrected chi connectivity index (χ1v) is 12.1. The van der Waals surface area contributed by atoms with Crippen LogP contribution >= 0.6 is 0 Å². The molecule has 7 rings (SSSR count).